The number of thioether (sulfide) groups is 1. The zero-order chi connectivity index (χ0) is 13.5. The molecule has 0 bridgehead atoms. The summed E-state index contributed by atoms with van der Waals surface area (Å²) in [5, 5.41) is 14.6. The van der Waals surface area contributed by atoms with E-state index >= 15 is 0 Å². The lowest BCUT2D eigenvalue weighted by atomic mass is 10.1. The van der Waals surface area contributed by atoms with Crippen molar-refractivity contribution in [1.82, 2.24) is 5.32 Å². The highest BCUT2D eigenvalue weighted by molar-refractivity contribution is 7.98. The van der Waals surface area contributed by atoms with Gasteiger partial charge in [0.2, 0.25) is 0 Å². The third-order valence-electron chi connectivity index (χ3n) is 2.51. The molecule has 0 saturated heterocycles. The van der Waals surface area contributed by atoms with Gasteiger partial charge in [-0.2, -0.15) is 11.8 Å². The molecule has 0 amide bonds. The summed E-state index contributed by atoms with van der Waals surface area (Å²) in [5.74, 6) is 0.524. The molecular weight excluding hydrogens is 253 g/mol. The molecule has 4 N–H and O–H groups in total. The summed E-state index contributed by atoms with van der Waals surface area (Å²) in [7, 11) is 0. The van der Waals surface area contributed by atoms with Gasteiger partial charge in [-0.3, -0.25) is 0 Å². The normalized spacial score (nSPS) is 13.6. The number of hydrogen-bond donors (Lipinski definition) is 3. The molecule has 0 aliphatic heterocycles. The van der Waals surface area contributed by atoms with Crippen molar-refractivity contribution in [1.29, 1.82) is 0 Å². The van der Waals surface area contributed by atoms with Gasteiger partial charge in [-0.05, 0) is 19.2 Å². The van der Waals surface area contributed by atoms with Crippen LogP contribution in [0.1, 0.15) is 18.1 Å². The lowest BCUT2D eigenvalue weighted by Gasteiger charge is -2.13. The van der Waals surface area contributed by atoms with E-state index in [-0.39, 0.29) is 11.7 Å². The van der Waals surface area contributed by atoms with Crippen LogP contribution in [0.4, 0.5) is 4.39 Å². The summed E-state index contributed by atoms with van der Waals surface area (Å²) in [4.78, 5) is 0. The molecular formula is C12H18FN3OS. The third-order valence-corrected chi connectivity index (χ3v) is 3.35. The van der Waals surface area contributed by atoms with E-state index < -0.39 is 0 Å². The molecule has 0 aromatic heterocycles. The van der Waals surface area contributed by atoms with Gasteiger partial charge in [0, 0.05) is 29.5 Å². The standard InChI is InChI=1S/C12H18FN3OS/c1-8(7-18-2)15-6-10-4-3-9(5-11(10)13)12(14)16-17/h3-5,8,15,17H,6-7H2,1-2H3,(H2,14,16). The summed E-state index contributed by atoms with van der Waals surface area (Å²) >= 11 is 1.74. The highest BCUT2D eigenvalue weighted by Crippen LogP contribution is 2.11. The second-order valence-corrected chi connectivity index (χ2v) is 4.94. The molecule has 18 heavy (non-hydrogen) atoms. The van der Waals surface area contributed by atoms with E-state index in [1.807, 2.05) is 6.26 Å². The van der Waals surface area contributed by atoms with Crippen molar-refractivity contribution in [2.45, 2.75) is 19.5 Å². The number of oxime groups is 1. The van der Waals surface area contributed by atoms with E-state index in [1.54, 1.807) is 23.9 Å². The Morgan fingerprint density at radius 1 is 1.61 bits per heavy atom. The Morgan fingerprint density at radius 3 is 2.89 bits per heavy atom. The first-order valence-electron chi connectivity index (χ1n) is 5.57. The predicted molar refractivity (Wildman–Crippen MR) is 73.6 cm³/mol. The molecule has 0 fully saturated rings. The van der Waals surface area contributed by atoms with Crippen LogP contribution in [-0.4, -0.2) is 29.1 Å². The SMILES string of the molecule is CSCC(C)NCc1ccc(/C(N)=N/O)cc1F. The van der Waals surface area contributed by atoms with Crippen LogP contribution < -0.4 is 11.1 Å². The van der Waals surface area contributed by atoms with Crippen molar-refractivity contribution in [3.8, 4) is 0 Å². The second-order valence-electron chi connectivity index (χ2n) is 4.03. The lowest BCUT2D eigenvalue weighted by molar-refractivity contribution is 0.318. The van der Waals surface area contributed by atoms with E-state index in [4.69, 9.17) is 10.9 Å². The fourth-order valence-corrected chi connectivity index (χ4v) is 2.12. The third kappa shape index (κ3) is 4.19. The van der Waals surface area contributed by atoms with E-state index in [9.17, 15) is 4.39 Å². The van der Waals surface area contributed by atoms with Crippen molar-refractivity contribution in [2.75, 3.05) is 12.0 Å². The van der Waals surface area contributed by atoms with Gasteiger partial charge >= 0.3 is 0 Å². The van der Waals surface area contributed by atoms with Crippen LogP contribution in [0.3, 0.4) is 0 Å². The Kier molecular flexibility index (Phi) is 5.94. The molecule has 1 atom stereocenters. The molecule has 0 aliphatic carbocycles. The maximum absolute atomic E-state index is 13.7. The van der Waals surface area contributed by atoms with Gasteiger partial charge in [0.1, 0.15) is 5.82 Å². The monoisotopic (exact) mass is 271 g/mol. The smallest absolute Gasteiger partial charge is 0.170 e. The predicted octanol–water partition coefficient (Wildman–Crippen LogP) is 1.76. The van der Waals surface area contributed by atoms with Crippen molar-refractivity contribution < 1.29 is 9.60 Å². The van der Waals surface area contributed by atoms with Crippen LogP contribution in [0.15, 0.2) is 23.4 Å². The van der Waals surface area contributed by atoms with E-state index in [1.165, 1.54) is 6.07 Å². The van der Waals surface area contributed by atoms with E-state index in [0.29, 0.717) is 23.7 Å². The number of nitrogens with zero attached hydrogens (tertiary/aromatic N) is 1. The van der Waals surface area contributed by atoms with Gasteiger partial charge in [0.25, 0.3) is 0 Å². The molecule has 0 radical (unpaired) electrons. The average molecular weight is 271 g/mol. The largest absolute Gasteiger partial charge is 0.409 e. The van der Waals surface area contributed by atoms with Gasteiger partial charge in [0.05, 0.1) is 0 Å². The molecule has 1 rings (SSSR count). The van der Waals surface area contributed by atoms with Crippen LogP contribution in [0, 0.1) is 5.82 Å². The quantitative estimate of drug-likeness (QED) is 0.319. The summed E-state index contributed by atoms with van der Waals surface area (Å²) in [6, 6.07) is 4.87. The number of nitrogens with one attached hydrogen (secondary N) is 1. The summed E-state index contributed by atoms with van der Waals surface area (Å²) in [6.45, 7) is 2.52. The minimum Gasteiger partial charge on any atom is -0.409 e. The zero-order valence-corrected chi connectivity index (χ0v) is 11.3. The summed E-state index contributed by atoms with van der Waals surface area (Å²) in [5.41, 5.74) is 6.33. The van der Waals surface area contributed by atoms with Crippen LogP contribution >= 0.6 is 11.8 Å². The number of amidine groups is 1. The summed E-state index contributed by atoms with van der Waals surface area (Å²) in [6.07, 6.45) is 2.03. The molecule has 100 valence electrons. The number of hydrogen-bond acceptors (Lipinski definition) is 4. The van der Waals surface area contributed by atoms with Gasteiger partial charge in [0.15, 0.2) is 5.84 Å². The molecule has 1 aromatic rings. The Labute approximate surface area is 110 Å². The van der Waals surface area contributed by atoms with Crippen LogP contribution in [-0.2, 0) is 6.54 Å². The maximum Gasteiger partial charge on any atom is 0.170 e. The van der Waals surface area contributed by atoms with Crippen molar-refractivity contribution >= 4 is 17.6 Å². The number of nitrogens with two attached hydrogens (primary N) is 1. The molecule has 0 heterocycles. The Bertz CT molecular complexity index is 426. The molecule has 0 saturated carbocycles. The number of benzene rings is 1. The van der Waals surface area contributed by atoms with Gasteiger partial charge in [-0.25, -0.2) is 4.39 Å². The zero-order valence-electron chi connectivity index (χ0n) is 10.5. The molecule has 1 aromatic carbocycles. The minimum absolute atomic E-state index is 0.0934. The Morgan fingerprint density at radius 2 is 2.33 bits per heavy atom. The Hall–Kier alpha value is -1.27. The molecule has 4 nitrogen and oxygen atoms in total. The second kappa shape index (κ2) is 7.23. The summed E-state index contributed by atoms with van der Waals surface area (Å²) < 4.78 is 13.7. The number of rotatable bonds is 6. The van der Waals surface area contributed by atoms with Crippen LogP contribution in [0.2, 0.25) is 0 Å². The van der Waals surface area contributed by atoms with Crippen molar-refractivity contribution in [3.63, 3.8) is 0 Å². The fourth-order valence-electron chi connectivity index (χ4n) is 1.50. The highest BCUT2D eigenvalue weighted by Gasteiger charge is 2.07. The van der Waals surface area contributed by atoms with Crippen molar-refractivity contribution in [3.05, 3.63) is 35.1 Å². The Balaban J connectivity index is 2.68. The van der Waals surface area contributed by atoms with Crippen LogP contribution in [0.5, 0.6) is 0 Å². The van der Waals surface area contributed by atoms with Gasteiger partial charge in [-0.15, -0.1) is 0 Å². The number of halogens is 1. The first-order valence-corrected chi connectivity index (χ1v) is 6.96. The first-order chi connectivity index (χ1) is 8.58. The topological polar surface area (TPSA) is 70.6 Å². The van der Waals surface area contributed by atoms with E-state index in [2.05, 4.69) is 17.4 Å². The fraction of sp³-hybridized carbons (Fsp3) is 0.417. The minimum atomic E-state index is -0.358. The van der Waals surface area contributed by atoms with E-state index in [0.717, 1.165) is 5.75 Å². The lowest BCUT2D eigenvalue weighted by Crippen LogP contribution is -2.28. The highest BCUT2D eigenvalue weighted by atomic mass is 32.2. The molecule has 1 unspecified atom stereocenters. The molecule has 6 heteroatoms. The molecule has 0 spiro atoms. The van der Waals surface area contributed by atoms with Gasteiger partial charge in [-0.1, -0.05) is 17.3 Å². The average Bonchev–Trinajstić information content (AvgIpc) is 2.36. The van der Waals surface area contributed by atoms with Crippen molar-refractivity contribution in [2.24, 2.45) is 10.9 Å². The molecule has 0 aliphatic rings. The van der Waals surface area contributed by atoms with Crippen LogP contribution in [0.25, 0.3) is 0 Å². The first kappa shape index (κ1) is 14.8. The van der Waals surface area contributed by atoms with Gasteiger partial charge < -0.3 is 16.3 Å². The maximum atomic E-state index is 13.7.